The van der Waals surface area contributed by atoms with Crippen LogP contribution in [-0.2, 0) is 16.6 Å². The van der Waals surface area contributed by atoms with Crippen molar-refractivity contribution < 1.29 is 13.2 Å². The van der Waals surface area contributed by atoms with Crippen molar-refractivity contribution in [3.8, 4) is 0 Å². The third-order valence-electron chi connectivity index (χ3n) is 4.36. The number of benzene rings is 2. The SMILES string of the molecule is Cc1ccc(S(=O)(=O)N(C)Cc2ccc(C(=O)NCCC(C)C)cc2)cc1. The average Bonchev–Trinajstić information content (AvgIpc) is 2.62. The topological polar surface area (TPSA) is 66.5 Å². The van der Waals surface area contributed by atoms with E-state index in [0.29, 0.717) is 18.0 Å². The Labute approximate surface area is 162 Å². The van der Waals surface area contributed by atoms with Crippen molar-refractivity contribution in [2.45, 2.75) is 38.6 Å². The zero-order valence-electron chi connectivity index (χ0n) is 16.4. The molecule has 0 radical (unpaired) electrons. The summed E-state index contributed by atoms with van der Waals surface area (Å²) in [6.45, 7) is 7.03. The number of aryl methyl sites for hydroxylation is 1. The van der Waals surface area contributed by atoms with Gasteiger partial charge in [0.25, 0.3) is 5.91 Å². The van der Waals surface area contributed by atoms with E-state index in [2.05, 4.69) is 19.2 Å². The molecule has 0 atom stereocenters. The van der Waals surface area contributed by atoms with Crippen LogP contribution in [0, 0.1) is 12.8 Å². The molecule has 5 nitrogen and oxygen atoms in total. The molecule has 0 aliphatic rings. The normalized spacial score (nSPS) is 11.8. The Morgan fingerprint density at radius 1 is 1.04 bits per heavy atom. The molecule has 0 saturated carbocycles. The Morgan fingerprint density at radius 2 is 1.63 bits per heavy atom. The van der Waals surface area contributed by atoms with Crippen LogP contribution < -0.4 is 5.32 Å². The maximum atomic E-state index is 12.7. The van der Waals surface area contributed by atoms with E-state index in [1.165, 1.54) is 4.31 Å². The summed E-state index contributed by atoms with van der Waals surface area (Å²) < 4.78 is 26.6. The lowest BCUT2D eigenvalue weighted by molar-refractivity contribution is 0.0952. The van der Waals surface area contributed by atoms with Gasteiger partial charge in [-0.25, -0.2) is 8.42 Å². The van der Waals surface area contributed by atoms with Crippen molar-refractivity contribution in [1.82, 2.24) is 9.62 Å². The first kappa shape index (κ1) is 21.1. The summed E-state index contributed by atoms with van der Waals surface area (Å²) in [6.07, 6.45) is 0.936. The second-order valence-electron chi connectivity index (χ2n) is 7.21. The molecule has 1 N–H and O–H groups in total. The number of hydrogen-bond acceptors (Lipinski definition) is 3. The first-order valence-corrected chi connectivity index (χ1v) is 10.5. The van der Waals surface area contributed by atoms with Crippen LogP contribution >= 0.6 is 0 Å². The summed E-state index contributed by atoms with van der Waals surface area (Å²) in [5.74, 6) is 0.432. The summed E-state index contributed by atoms with van der Waals surface area (Å²) in [5.41, 5.74) is 2.41. The van der Waals surface area contributed by atoms with Crippen molar-refractivity contribution in [1.29, 1.82) is 0 Å². The van der Waals surface area contributed by atoms with E-state index in [1.807, 2.05) is 6.92 Å². The molecule has 2 aromatic rings. The fraction of sp³-hybridized carbons (Fsp3) is 0.381. The second kappa shape index (κ2) is 9.15. The van der Waals surface area contributed by atoms with Crippen molar-refractivity contribution in [2.75, 3.05) is 13.6 Å². The Balaban J connectivity index is 2.01. The van der Waals surface area contributed by atoms with Gasteiger partial charge in [-0.05, 0) is 49.1 Å². The molecule has 27 heavy (non-hydrogen) atoms. The van der Waals surface area contributed by atoms with Crippen LogP contribution in [-0.4, -0.2) is 32.2 Å². The number of carbonyl (C=O) groups is 1. The molecule has 0 aliphatic heterocycles. The predicted molar refractivity (Wildman–Crippen MR) is 108 cm³/mol. The summed E-state index contributed by atoms with van der Waals surface area (Å²) >= 11 is 0. The molecule has 2 rings (SSSR count). The molecular weight excluding hydrogens is 360 g/mol. The monoisotopic (exact) mass is 388 g/mol. The molecule has 0 aromatic heterocycles. The summed E-state index contributed by atoms with van der Waals surface area (Å²) in [5, 5.41) is 2.90. The summed E-state index contributed by atoms with van der Waals surface area (Å²) in [6, 6.07) is 13.8. The molecular formula is C21H28N2O3S. The van der Waals surface area contributed by atoms with Crippen molar-refractivity contribution in [3.05, 3.63) is 65.2 Å². The molecule has 0 unspecified atom stereocenters. The Bertz CT molecular complexity index is 857. The van der Waals surface area contributed by atoms with Gasteiger partial charge in [0.1, 0.15) is 0 Å². The molecule has 0 heterocycles. The molecule has 0 bridgehead atoms. The van der Waals surface area contributed by atoms with Crippen molar-refractivity contribution in [3.63, 3.8) is 0 Å². The number of hydrogen-bond donors (Lipinski definition) is 1. The third-order valence-corrected chi connectivity index (χ3v) is 6.18. The van der Waals surface area contributed by atoms with E-state index in [9.17, 15) is 13.2 Å². The molecule has 2 aromatic carbocycles. The van der Waals surface area contributed by atoms with Crippen molar-refractivity contribution >= 4 is 15.9 Å². The maximum Gasteiger partial charge on any atom is 0.251 e. The predicted octanol–water partition coefficient (Wildman–Crippen LogP) is 3.59. The standard InChI is InChI=1S/C21H28N2O3S/c1-16(2)13-14-22-21(24)19-9-7-18(8-10-19)15-23(4)27(25,26)20-11-5-17(3)6-12-20/h5-12,16H,13-15H2,1-4H3,(H,22,24). The number of rotatable bonds is 8. The lowest BCUT2D eigenvalue weighted by Gasteiger charge is -2.17. The van der Waals surface area contributed by atoms with Gasteiger partial charge in [0, 0.05) is 25.7 Å². The van der Waals surface area contributed by atoms with Crippen LogP contribution in [0.1, 0.15) is 41.8 Å². The molecule has 1 amide bonds. The first-order chi connectivity index (χ1) is 12.7. The molecule has 0 saturated heterocycles. The van der Waals surface area contributed by atoms with Gasteiger partial charge in [-0.2, -0.15) is 4.31 Å². The zero-order chi connectivity index (χ0) is 20.0. The highest BCUT2D eigenvalue weighted by molar-refractivity contribution is 7.89. The number of nitrogens with zero attached hydrogens (tertiary/aromatic N) is 1. The van der Waals surface area contributed by atoms with Crippen LogP contribution in [0.15, 0.2) is 53.4 Å². The van der Waals surface area contributed by atoms with Crippen LogP contribution in [0.2, 0.25) is 0 Å². The lowest BCUT2D eigenvalue weighted by atomic mass is 10.1. The Kier molecular flexibility index (Phi) is 7.16. The summed E-state index contributed by atoms with van der Waals surface area (Å²) in [7, 11) is -1.99. The van der Waals surface area contributed by atoms with Gasteiger partial charge < -0.3 is 5.32 Å². The number of amides is 1. The second-order valence-corrected chi connectivity index (χ2v) is 9.25. The van der Waals surface area contributed by atoms with Crippen LogP contribution in [0.3, 0.4) is 0 Å². The van der Waals surface area contributed by atoms with E-state index in [1.54, 1.807) is 55.6 Å². The lowest BCUT2D eigenvalue weighted by Crippen LogP contribution is -2.27. The smallest absolute Gasteiger partial charge is 0.251 e. The minimum absolute atomic E-state index is 0.108. The Hall–Kier alpha value is -2.18. The molecule has 6 heteroatoms. The van der Waals surface area contributed by atoms with E-state index in [-0.39, 0.29) is 17.3 Å². The van der Waals surface area contributed by atoms with Gasteiger partial charge in [-0.1, -0.05) is 43.7 Å². The maximum absolute atomic E-state index is 12.7. The van der Waals surface area contributed by atoms with Gasteiger partial charge in [-0.15, -0.1) is 0 Å². The van der Waals surface area contributed by atoms with Crippen LogP contribution in [0.5, 0.6) is 0 Å². The third kappa shape index (κ3) is 5.91. The number of sulfonamides is 1. The zero-order valence-corrected chi connectivity index (χ0v) is 17.2. The van der Waals surface area contributed by atoms with E-state index >= 15 is 0 Å². The first-order valence-electron chi connectivity index (χ1n) is 9.10. The van der Waals surface area contributed by atoms with E-state index < -0.39 is 10.0 Å². The van der Waals surface area contributed by atoms with Gasteiger partial charge in [0.15, 0.2) is 0 Å². The fourth-order valence-corrected chi connectivity index (χ4v) is 3.73. The van der Waals surface area contributed by atoms with E-state index in [0.717, 1.165) is 17.5 Å². The number of carbonyl (C=O) groups excluding carboxylic acids is 1. The molecule has 146 valence electrons. The quantitative estimate of drug-likeness (QED) is 0.751. The minimum Gasteiger partial charge on any atom is -0.352 e. The Morgan fingerprint density at radius 3 is 2.19 bits per heavy atom. The van der Waals surface area contributed by atoms with Crippen LogP contribution in [0.4, 0.5) is 0 Å². The van der Waals surface area contributed by atoms with Gasteiger partial charge in [0.2, 0.25) is 10.0 Å². The van der Waals surface area contributed by atoms with E-state index in [4.69, 9.17) is 0 Å². The highest BCUT2D eigenvalue weighted by Gasteiger charge is 2.20. The molecule has 0 spiro atoms. The minimum atomic E-state index is -3.55. The molecule has 0 fully saturated rings. The van der Waals surface area contributed by atoms with Crippen LogP contribution in [0.25, 0.3) is 0 Å². The summed E-state index contributed by atoms with van der Waals surface area (Å²) in [4.78, 5) is 12.4. The highest BCUT2D eigenvalue weighted by atomic mass is 32.2. The fourth-order valence-electron chi connectivity index (χ4n) is 2.57. The average molecular weight is 389 g/mol. The van der Waals surface area contributed by atoms with Gasteiger partial charge in [0.05, 0.1) is 4.90 Å². The van der Waals surface area contributed by atoms with Crippen molar-refractivity contribution in [2.24, 2.45) is 5.92 Å². The largest absolute Gasteiger partial charge is 0.352 e. The number of nitrogens with one attached hydrogen (secondary N) is 1. The van der Waals surface area contributed by atoms with Gasteiger partial charge in [-0.3, -0.25) is 4.79 Å². The highest BCUT2D eigenvalue weighted by Crippen LogP contribution is 2.17. The van der Waals surface area contributed by atoms with Gasteiger partial charge >= 0.3 is 0 Å². The molecule has 0 aliphatic carbocycles.